The first-order chi connectivity index (χ1) is 17.6. The number of aryl methyl sites for hydroxylation is 2. The van der Waals surface area contributed by atoms with Gasteiger partial charge in [0.15, 0.2) is 0 Å². The van der Waals surface area contributed by atoms with Crippen LogP contribution >= 0.6 is 0 Å². The first-order valence-electron chi connectivity index (χ1n) is 12.9. The van der Waals surface area contributed by atoms with Crippen molar-refractivity contribution in [2.45, 2.75) is 32.9 Å². The van der Waals surface area contributed by atoms with Crippen LogP contribution in [0.1, 0.15) is 32.6 Å². The summed E-state index contributed by atoms with van der Waals surface area (Å²) in [5, 5.41) is 0. The topological polar surface area (TPSA) is 23.6 Å². The fraction of sp³-hybridized carbons (Fsp3) is 0.242. The number of carbonyl (C=O) groups excluding carboxylic acids is 1. The normalized spacial score (nSPS) is 16.2. The number of carbonyl (C=O) groups is 1. The van der Waals surface area contributed by atoms with Crippen molar-refractivity contribution in [1.82, 2.24) is 9.80 Å². The van der Waals surface area contributed by atoms with Crippen LogP contribution in [0.4, 0.5) is 0 Å². The van der Waals surface area contributed by atoms with E-state index in [0.29, 0.717) is 0 Å². The summed E-state index contributed by atoms with van der Waals surface area (Å²) < 4.78 is 0. The predicted molar refractivity (Wildman–Crippen MR) is 148 cm³/mol. The van der Waals surface area contributed by atoms with Crippen molar-refractivity contribution < 1.29 is 4.79 Å². The molecule has 1 aliphatic heterocycles. The van der Waals surface area contributed by atoms with E-state index >= 15 is 0 Å². The van der Waals surface area contributed by atoms with Gasteiger partial charge in [0.1, 0.15) is 0 Å². The van der Waals surface area contributed by atoms with Crippen LogP contribution < -0.4 is 0 Å². The van der Waals surface area contributed by atoms with E-state index in [1.165, 1.54) is 22.3 Å². The summed E-state index contributed by atoms with van der Waals surface area (Å²) in [5.41, 5.74) is 7.99. The molecule has 4 aromatic carbocycles. The van der Waals surface area contributed by atoms with Gasteiger partial charge in [-0.25, -0.2) is 0 Å². The van der Waals surface area contributed by atoms with Crippen molar-refractivity contribution >= 4 is 5.91 Å². The second-order valence-corrected chi connectivity index (χ2v) is 9.91. The summed E-state index contributed by atoms with van der Waals surface area (Å²) in [5.74, 6) is 0.129. The van der Waals surface area contributed by atoms with Crippen LogP contribution in [0.25, 0.3) is 11.1 Å². The number of rotatable bonds is 6. The Morgan fingerprint density at radius 1 is 0.750 bits per heavy atom. The van der Waals surface area contributed by atoms with Gasteiger partial charge >= 0.3 is 0 Å². The third-order valence-corrected chi connectivity index (χ3v) is 7.37. The van der Waals surface area contributed by atoms with Gasteiger partial charge in [-0.1, -0.05) is 97.1 Å². The lowest BCUT2D eigenvalue weighted by atomic mass is 9.94. The van der Waals surface area contributed by atoms with Crippen LogP contribution in [0.15, 0.2) is 103 Å². The molecular formula is C33H34N2O. The van der Waals surface area contributed by atoms with Gasteiger partial charge in [0.25, 0.3) is 5.91 Å². The molecule has 1 fully saturated rings. The number of benzene rings is 4. The van der Waals surface area contributed by atoms with E-state index in [9.17, 15) is 4.79 Å². The summed E-state index contributed by atoms with van der Waals surface area (Å²) in [4.78, 5) is 18.7. The van der Waals surface area contributed by atoms with Gasteiger partial charge in [0.05, 0.1) is 0 Å². The molecule has 1 atom stereocenters. The van der Waals surface area contributed by atoms with Crippen LogP contribution in [0.3, 0.4) is 0 Å². The fourth-order valence-corrected chi connectivity index (χ4v) is 5.22. The molecule has 5 rings (SSSR count). The lowest BCUT2D eigenvalue weighted by molar-refractivity contribution is 0.0439. The largest absolute Gasteiger partial charge is 0.333 e. The zero-order valence-corrected chi connectivity index (χ0v) is 21.2. The van der Waals surface area contributed by atoms with Crippen molar-refractivity contribution in [3.05, 3.63) is 131 Å². The first kappa shape index (κ1) is 24.0. The Bertz CT molecular complexity index is 1320. The lowest BCUT2D eigenvalue weighted by Crippen LogP contribution is -2.55. The molecule has 1 aliphatic rings. The van der Waals surface area contributed by atoms with Gasteiger partial charge < -0.3 is 4.90 Å². The summed E-state index contributed by atoms with van der Waals surface area (Å²) in [7, 11) is 0. The highest BCUT2D eigenvalue weighted by Gasteiger charge is 2.32. The third-order valence-electron chi connectivity index (χ3n) is 7.37. The quantitative estimate of drug-likeness (QED) is 0.317. The SMILES string of the molecule is Cc1ccc(-c2ccccc2C(=O)N2CCN(Cc3ccccc3)C[C@H]2Cc2ccccc2)cc1C. The average molecular weight is 475 g/mol. The highest BCUT2D eigenvalue weighted by Crippen LogP contribution is 2.28. The number of piperazine rings is 1. The zero-order chi connectivity index (χ0) is 24.9. The smallest absolute Gasteiger partial charge is 0.254 e. The van der Waals surface area contributed by atoms with Gasteiger partial charge in [0, 0.05) is 37.8 Å². The number of hydrogen-bond acceptors (Lipinski definition) is 2. The summed E-state index contributed by atoms with van der Waals surface area (Å²) in [6, 6.07) is 35.8. The van der Waals surface area contributed by atoms with E-state index in [-0.39, 0.29) is 11.9 Å². The summed E-state index contributed by atoms with van der Waals surface area (Å²) in [6.45, 7) is 7.63. The molecule has 1 saturated heterocycles. The summed E-state index contributed by atoms with van der Waals surface area (Å²) in [6.07, 6.45) is 0.851. The molecule has 0 saturated carbocycles. The molecule has 0 bridgehead atoms. The number of nitrogens with zero attached hydrogens (tertiary/aromatic N) is 2. The first-order valence-corrected chi connectivity index (χ1v) is 12.9. The van der Waals surface area contributed by atoms with E-state index in [1.807, 2.05) is 18.2 Å². The number of amides is 1. The number of hydrogen-bond donors (Lipinski definition) is 0. The molecule has 3 nitrogen and oxygen atoms in total. The second-order valence-electron chi connectivity index (χ2n) is 9.91. The Hall–Kier alpha value is -3.69. The van der Waals surface area contributed by atoms with Crippen LogP contribution in [-0.2, 0) is 13.0 Å². The maximum absolute atomic E-state index is 14.1. The van der Waals surface area contributed by atoms with Crippen molar-refractivity contribution in [1.29, 1.82) is 0 Å². The van der Waals surface area contributed by atoms with E-state index in [2.05, 4.69) is 109 Å². The van der Waals surface area contributed by atoms with Crippen LogP contribution in [0, 0.1) is 13.8 Å². The van der Waals surface area contributed by atoms with E-state index in [0.717, 1.165) is 49.3 Å². The molecule has 0 aromatic heterocycles. The van der Waals surface area contributed by atoms with Crippen LogP contribution in [0.2, 0.25) is 0 Å². The Morgan fingerprint density at radius 3 is 2.14 bits per heavy atom. The van der Waals surface area contributed by atoms with Gasteiger partial charge in [-0.05, 0) is 59.7 Å². The average Bonchev–Trinajstić information content (AvgIpc) is 2.91. The Labute approximate surface area is 215 Å². The maximum atomic E-state index is 14.1. The zero-order valence-electron chi connectivity index (χ0n) is 21.2. The van der Waals surface area contributed by atoms with Crippen molar-refractivity contribution in [2.75, 3.05) is 19.6 Å². The minimum atomic E-state index is 0.116. The molecule has 4 aromatic rings. The maximum Gasteiger partial charge on any atom is 0.254 e. The van der Waals surface area contributed by atoms with E-state index in [4.69, 9.17) is 0 Å². The van der Waals surface area contributed by atoms with Crippen LogP contribution in [-0.4, -0.2) is 41.4 Å². The Kier molecular flexibility index (Phi) is 7.29. The molecule has 182 valence electrons. The molecule has 1 amide bonds. The fourth-order valence-electron chi connectivity index (χ4n) is 5.22. The van der Waals surface area contributed by atoms with Gasteiger partial charge in [-0.3, -0.25) is 9.69 Å². The molecule has 0 spiro atoms. The van der Waals surface area contributed by atoms with Gasteiger partial charge in [0.2, 0.25) is 0 Å². The minimum absolute atomic E-state index is 0.116. The van der Waals surface area contributed by atoms with Crippen molar-refractivity contribution in [2.24, 2.45) is 0 Å². The molecular weight excluding hydrogens is 440 g/mol. The molecule has 3 heteroatoms. The van der Waals surface area contributed by atoms with E-state index in [1.54, 1.807) is 0 Å². The van der Waals surface area contributed by atoms with Crippen molar-refractivity contribution in [3.63, 3.8) is 0 Å². The van der Waals surface area contributed by atoms with Gasteiger partial charge in [-0.2, -0.15) is 0 Å². The molecule has 0 unspecified atom stereocenters. The molecule has 36 heavy (non-hydrogen) atoms. The monoisotopic (exact) mass is 474 g/mol. The lowest BCUT2D eigenvalue weighted by Gasteiger charge is -2.42. The molecule has 0 aliphatic carbocycles. The molecule has 1 heterocycles. The molecule has 0 radical (unpaired) electrons. The Morgan fingerprint density at radius 2 is 1.42 bits per heavy atom. The highest BCUT2D eigenvalue weighted by molar-refractivity contribution is 6.01. The summed E-state index contributed by atoms with van der Waals surface area (Å²) >= 11 is 0. The predicted octanol–water partition coefficient (Wildman–Crippen LogP) is 6.54. The highest BCUT2D eigenvalue weighted by atomic mass is 16.2. The second kappa shape index (κ2) is 10.9. The standard InChI is InChI=1S/C33H34N2O/c1-25-17-18-29(21-26(25)2)31-15-9-10-16-32(31)33(36)35-20-19-34(23-28-13-7-4-8-14-28)24-30(35)22-27-11-5-3-6-12-27/h3-18,21,30H,19-20,22-24H2,1-2H3/t30-/m1/s1. The Balaban J connectivity index is 1.43. The van der Waals surface area contributed by atoms with Crippen molar-refractivity contribution in [3.8, 4) is 11.1 Å². The minimum Gasteiger partial charge on any atom is -0.333 e. The van der Waals surface area contributed by atoms with E-state index < -0.39 is 0 Å². The van der Waals surface area contributed by atoms with Gasteiger partial charge in [-0.15, -0.1) is 0 Å². The molecule has 0 N–H and O–H groups in total. The third kappa shape index (κ3) is 5.42. The van der Waals surface area contributed by atoms with Crippen LogP contribution in [0.5, 0.6) is 0 Å².